The molecule has 168 valence electrons. The van der Waals surface area contributed by atoms with E-state index in [1.807, 2.05) is 24.3 Å². The topological polar surface area (TPSA) is 56.1 Å². The number of carbonyl (C=O) groups excluding carboxylic acids is 1. The summed E-state index contributed by atoms with van der Waals surface area (Å²) in [5, 5.41) is 6.26. The fourth-order valence-electron chi connectivity index (χ4n) is 4.77. The summed E-state index contributed by atoms with van der Waals surface area (Å²) in [6.07, 6.45) is 8.61. The van der Waals surface area contributed by atoms with Gasteiger partial charge in [-0.2, -0.15) is 0 Å². The molecule has 2 saturated carbocycles. The number of benzene rings is 1. The maximum Gasteiger partial charge on any atom is 0.253 e. The van der Waals surface area contributed by atoms with Crippen LogP contribution in [0, 0.1) is 12.8 Å². The number of aromatic nitrogens is 2. The van der Waals surface area contributed by atoms with Gasteiger partial charge < -0.3 is 14.6 Å². The second kappa shape index (κ2) is 9.10. The van der Waals surface area contributed by atoms with Crippen molar-refractivity contribution in [2.24, 2.45) is 5.92 Å². The van der Waals surface area contributed by atoms with Crippen molar-refractivity contribution in [2.75, 3.05) is 13.7 Å². The minimum absolute atomic E-state index is 0.0517. The number of methoxy groups -OCH3 is 1. The Morgan fingerprint density at radius 2 is 1.91 bits per heavy atom. The number of nitrogens with zero attached hydrogens (tertiary/aromatic N) is 2. The summed E-state index contributed by atoms with van der Waals surface area (Å²) >= 11 is 1.65. The predicted octanol–water partition coefficient (Wildman–Crippen LogP) is 6.24. The van der Waals surface area contributed by atoms with Crippen LogP contribution in [-0.2, 0) is 0 Å². The van der Waals surface area contributed by atoms with E-state index in [4.69, 9.17) is 9.72 Å². The van der Waals surface area contributed by atoms with Crippen molar-refractivity contribution >= 4 is 17.2 Å². The molecule has 2 aromatic heterocycles. The molecule has 1 aromatic carbocycles. The highest BCUT2D eigenvalue weighted by molar-refractivity contribution is 7.13. The molecule has 2 aliphatic rings. The van der Waals surface area contributed by atoms with E-state index in [-0.39, 0.29) is 5.91 Å². The first-order chi connectivity index (χ1) is 15.6. The first-order valence-corrected chi connectivity index (χ1v) is 12.6. The van der Waals surface area contributed by atoms with Gasteiger partial charge in [0.25, 0.3) is 5.91 Å². The molecule has 5 rings (SSSR count). The van der Waals surface area contributed by atoms with Gasteiger partial charge in [0.2, 0.25) is 0 Å². The number of rotatable bonds is 7. The van der Waals surface area contributed by atoms with E-state index in [2.05, 4.69) is 28.3 Å². The predicted molar refractivity (Wildman–Crippen MR) is 129 cm³/mol. The summed E-state index contributed by atoms with van der Waals surface area (Å²) in [6, 6.07) is 10.5. The van der Waals surface area contributed by atoms with Crippen molar-refractivity contribution < 1.29 is 9.53 Å². The van der Waals surface area contributed by atoms with Crippen LogP contribution in [-0.4, -0.2) is 29.1 Å². The van der Waals surface area contributed by atoms with Gasteiger partial charge in [-0.05, 0) is 68.9 Å². The Hall–Kier alpha value is -2.60. The van der Waals surface area contributed by atoms with Crippen molar-refractivity contribution in [3.05, 3.63) is 47.0 Å². The monoisotopic (exact) mass is 449 g/mol. The fourth-order valence-corrected chi connectivity index (χ4v) is 5.59. The third-order valence-electron chi connectivity index (χ3n) is 6.83. The second-order valence-electron chi connectivity index (χ2n) is 9.11. The van der Waals surface area contributed by atoms with Crippen LogP contribution in [0.4, 0.5) is 0 Å². The van der Waals surface area contributed by atoms with Crippen LogP contribution in [0.1, 0.15) is 67.0 Å². The highest BCUT2D eigenvalue weighted by Gasteiger charge is 2.27. The molecule has 1 amide bonds. The summed E-state index contributed by atoms with van der Waals surface area (Å²) in [7, 11) is 1.68. The Kier molecular flexibility index (Phi) is 6.05. The lowest BCUT2D eigenvalue weighted by Crippen LogP contribution is -2.26. The maximum atomic E-state index is 13.0. The lowest BCUT2D eigenvalue weighted by atomic mass is 9.95. The highest BCUT2D eigenvalue weighted by Crippen LogP contribution is 2.38. The fraction of sp³-hybridized carbons (Fsp3) is 0.462. The number of ether oxygens (including phenoxy) is 1. The molecule has 0 radical (unpaired) electrons. The molecule has 0 atom stereocenters. The molecule has 5 nitrogen and oxygen atoms in total. The Bertz CT molecular complexity index is 1090. The first kappa shape index (κ1) is 21.3. The van der Waals surface area contributed by atoms with Gasteiger partial charge >= 0.3 is 0 Å². The number of thiazole rings is 1. The average Bonchev–Trinajstić information content (AvgIpc) is 3.42. The summed E-state index contributed by atoms with van der Waals surface area (Å²) in [5.41, 5.74) is 4.97. The molecule has 3 aromatic rings. The van der Waals surface area contributed by atoms with E-state index in [0.717, 1.165) is 45.5 Å². The smallest absolute Gasteiger partial charge is 0.253 e. The van der Waals surface area contributed by atoms with Gasteiger partial charge in [-0.25, -0.2) is 4.98 Å². The van der Waals surface area contributed by atoms with E-state index < -0.39 is 0 Å². The standard InChI is InChI=1S/C26H31N3O2S/c1-17-22(25(30)27-15-18-8-9-18)14-24(29(17)20-6-4-3-5-7-20)23-16-32-26(28-23)19-10-12-21(31-2)13-11-19/h10-14,16,18,20H,3-9,15H2,1-2H3,(H,27,30). The molecular formula is C26H31N3O2S. The quantitative estimate of drug-likeness (QED) is 0.464. The average molecular weight is 450 g/mol. The summed E-state index contributed by atoms with van der Waals surface area (Å²) < 4.78 is 7.68. The zero-order chi connectivity index (χ0) is 22.1. The first-order valence-electron chi connectivity index (χ1n) is 11.7. The lowest BCUT2D eigenvalue weighted by molar-refractivity contribution is 0.0951. The van der Waals surface area contributed by atoms with Crippen LogP contribution in [0.3, 0.4) is 0 Å². The van der Waals surface area contributed by atoms with Gasteiger partial charge in [-0.1, -0.05) is 19.3 Å². The number of amides is 1. The Morgan fingerprint density at radius 3 is 2.59 bits per heavy atom. The molecule has 0 saturated heterocycles. The van der Waals surface area contributed by atoms with Gasteiger partial charge in [0.05, 0.1) is 24.1 Å². The van der Waals surface area contributed by atoms with Crippen molar-refractivity contribution in [1.82, 2.24) is 14.9 Å². The van der Waals surface area contributed by atoms with Gasteiger partial charge in [0, 0.05) is 29.2 Å². The SMILES string of the molecule is COc1ccc(-c2nc(-c3cc(C(=O)NCC4CC4)c(C)n3C3CCCCC3)cs2)cc1. The third kappa shape index (κ3) is 4.33. The summed E-state index contributed by atoms with van der Waals surface area (Å²) in [4.78, 5) is 18.0. The molecular weight excluding hydrogens is 418 g/mol. The van der Waals surface area contributed by atoms with Gasteiger partial charge in [-0.3, -0.25) is 4.79 Å². The van der Waals surface area contributed by atoms with E-state index in [1.54, 1.807) is 18.4 Å². The summed E-state index contributed by atoms with van der Waals surface area (Å²) in [5.74, 6) is 1.56. The van der Waals surface area contributed by atoms with E-state index in [1.165, 1.54) is 44.9 Å². The molecule has 0 unspecified atom stereocenters. The van der Waals surface area contributed by atoms with E-state index >= 15 is 0 Å². The number of carbonyl (C=O) groups is 1. The van der Waals surface area contributed by atoms with E-state index in [0.29, 0.717) is 12.0 Å². The second-order valence-corrected chi connectivity index (χ2v) is 9.97. The van der Waals surface area contributed by atoms with Gasteiger partial charge in [0.15, 0.2) is 0 Å². The van der Waals surface area contributed by atoms with Crippen LogP contribution in [0.5, 0.6) is 5.75 Å². The van der Waals surface area contributed by atoms with Gasteiger partial charge in [-0.15, -0.1) is 11.3 Å². The zero-order valence-corrected chi connectivity index (χ0v) is 19.7. The van der Waals surface area contributed by atoms with Gasteiger partial charge in [0.1, 0.15) is 10.8 Å². The molecule has 6 heteroatoms. The molecule has 2 heterocycles. The van der Waals surface area contributed by atoms with Crippen LogP contribution < -0.4 is 10.1 Å². The molecule has 0 spiro atoms. The Balaban J connectivity index is 1.49. The molecule has 1 N–H and O–H groups in total. The number of hydrogen-bond donors (Lipinski definition) is 1. The lowest BCUT2D eigenvalue weighted by Gasteiger charge is -2.26. The minimum Gasteiger partial charge on any atom is -0.497 e. The molecule has 2 fully saturated rings. The van der Waals surface area contributed by atoms with E-state index in [9.17, 15) is 4.79 Å². The Morgan fingerprint density at radius 1 is 1.16 bits per heavy atom. The van der Waals surface area contributed by atoms with Crippen molar-refractivity contribution in [1.29, 1.82) is 0 Å². The molecule has 32 heavy (non-hydrogen) atoms. The summed E-state index contributed by atoms with van der Waals surface area (Å²) in [6.45, 7) is 2.89. The van der Waals surface area contributed by atoms with Crippen LogP contribution >= 0.6 is 11.3 Å². The minimum atomic E-state index is 0.0517. The molecule has 0 aliphatic heterocycles. The number of hydrogen-bond acceptors (Lipinski definition) is 4. The van der Waals surface area contributed by atoms with Crippen molar-refractivity contribution in [3.63, 3.8) is 0 Å². The Labute approximate surface area is 193 Å². The zero-order valence-electron chi connectivity index (χ0n) is 18.9. The highest BCUT2D eigenvalue weighted by atomic mass is 32.1. The molecule has 2 aliphatic carbocycles. The maximum absolute atomic E-state index is 13.0. The third-order valence-corrected chi connectivity index (χ3v) is 7.72. The normalized spacial score (nSPS) is 16.8. The van der Waals surface area contributed by atoms with Crippen LogP contribution in [0.25, 0.3) is 22.0 Å². The van der Waals surface area contributed by atoms with Crippen LogP contribution in [0.15, 0.2) is 35.7 Å². The molecule has 0 bridgehead atoms. The number of nitrogens with one attached hydrogen (secondary N) is 1. The van der Waals surface area contributed by atoms with Crippen molar-refractivity contribution in [3.8, 4) is 27.7 Å². The van der Waals surface area contributed by atoms with Crippen molar-refractivity contribution in [2.45, 2.75) is 57.9 Å². The largest absolute Gasteiger partial charge is 0.497 e. The van der Waals surface area contributed by atoms with Crippen LogP contribution in [0.2, 0.25) is 0 Å².